The Morgan fingerprint density at radius 1 is 1.04 bits per heavy atom. The fraction of sp³-hybridized carbons (Fsp3) is 0.286. The van der Waals surface area contributed by atoms with Crippen molar-refractivity contribution in [3.05, 3.63) is 53.1 Å². The monoisotopic (exact) mass is 370 g/mol. The first-order valence-electron chi connectivity index (χ1n) is 8.50. The van der Waals surface area contributed by atoms with Crippen molar-refractivity contribution in [2.24, 2.45) is 0 Å². The molecular formula is C21H22O6. The van der Waals surface area contributed by atoms with E-state index in [1.807, 2.05) is 24.3 Å². The predicted molar refractivity (Wildman–Crippen MR) is 101 cm³/mol. The van der Waals surface area contributed by atoms with Crippen molar-refractivity contribution < 1.29 is 28.8 Å². The molecule has 2 aromatic carbocycles. The summed E-state index contributed by atoms with van der Waals surface area (Å²) in [6.07, 6.45) is 3.42. The highest BCUT2D eigenvalue weighted by atomic mass is 16.5. The van der Waals surface area contributed by atoms with Crippen LogP contribution in [0.3, 0.4) is 0 Å². The van der Waals surface area contributed by atoms with Crippen molar-refractivity contribution in [1.82, 2.24) is 0 Å². The molecule has 1 aliphatic rings. The van der Waals surface area contributed by atoms with Crippen molar-refractivity contribution in [1.29, 1.82) is 0 Å². The lowest BCUT2D eigenvalue weighted by Gasteiger charge is -2.19. The zero-order valence-corrected chi connectivity index (χ0v) is 15.5. The molecule has 2 aromatic rings. The molecule has 0 radical (unpaired) electrons. The molecule has 6 nitrogen and oxygen atoms in total. The number of hydrogen-bond donors (Lipinski definition) is 1. The van der Waals surface area contributed by atoms with E-state index in [4.69, 9.17) is 18.9 Å². The number of allylic oxidation sites excluding steroid dienone is 1. The Kier molecular flexibility index (Phi) is 5.66. The molecule has 0 amide bonds. The summed E-state index contributed by atoms with van der Waals surface area (Å²) < 4.78 is 22.3. The summed E-state index contributed by atoms with van der Waals surface area (Å²) in [5.41, 5.74) is 2.49. The second-order valence-electron chi connectivity index (χ2n) is 6.08. The number of carbonyl (C=O) groups excluding carboxylic acids is 1. The van der Waals surface area contributed by atoms with Gasteiger partial charge in [-0.05, 0) is 41.5 Å². The highest BCUT2D eigenvalue weighted by Crippen LogP contribution is 2.51. The van der Waals surface area contributed by atoms with Gasteiger partial charge >= 0.3 is 0 Å². The number of aliphatic hydroxyl groups excluding tert-OH is 1. The Labute approximate surface area is 157 Å². The van der Waals surface area contributed by atoms with E-state index >= 15 is 0 Å². The second-order valence-corrected chi connectivity index (χ2v) is 6.08. The first-order valence-corrected chi connectivity index (χ1v) is 8.50. The third kappa shape index (κ3) is 3.48. The molecule has 1 aliphatic heterocycles. The number of methoxy groups -OCH3 is 3. The summed E-state index contributed by atoms with van der Waals surface area (Å²) in [7, 11) is 4.71. The van der Waals surface area contributed by atoms with Crippen LogP contribution in [0.1, 0.15) is 28.7 Å². The third-order valence-corrected chi connectivity index (χ3v) is 4.64. The van der Waals surface area contributed by atoms with Crippen molar-refractivity contribution in [3.63, 3.8) is 0 Å². The standard InChI is InChI=1S/C21H22O6/c1-24-17-7-6-14(11-18(17)25-2)20-16(12-23)15-9-13(5-4-8-22)10-19(26-3)21(15)27-20/h4-11,16,20,23H,12H2,1-3H3. The molecular weight excluding hydrogens is 348 g/mol. The lowest BCUT2D eigenvalue weighted by molar-refractivity contribution is -0.104. The van der Waals surface area contributed by atoms with Crippen LogP contribution >= 0.6 is 0 Å². The number of benzene rings is 2. The van der Waals surface area contributed by atoms with E-state index in [-0.39, 0.29) is 12.5 Å². The Morgan fingerprint density at radius 2 is 1.78 bits per heavy atom. The number of aliphatic hydroxyl groups is 1. The average Bonchev–Trinajstić information content (AvgIpc) is 3.09. The van der Waals surface area contributed by atoms with Crippen LogP contribution in [0, 0.1) is 0 Å². The summed E-state index contributed by atoms with van der Waals surface area (Å²) in [5, 5.41) is 10.1. The molecule has 0 aromatic heterocycles. The fourth-order valence-electron chi connectivity index (χ4n) is 3.34. The molecule has 0 saturated carbocycles. The maximum absolute atomic E-state index is 10.6. The Balaban J connectivity index is 2.05. The van der Waals surface area contributed by atoms with Gasteiger partial charge in [0.2, 0.25) is 0 Å². The minimum absolute atomic E-state index is 0.101. The molecule has 3 rings (SSSR count). The van der Waals surface area contributed by atoms with Gasteiger partial charge < -0.3 is 24.1 Å². The number of rotatable bonds is 7. The van der Waals surface area contributed by atoms with Crippen LogP contribution in [0.5, 0.6) is 23.0 Å². The normalized spacial score (nSPS) is 18.1. The molecule has 0 saturated heterocycles. The number of ether oxygens (including phenoxy) is 4. The van der Waals surface area contributed by atoms with E-state index < -0.39 is 6.10 Å². The summed E-state index contributed by atoms with van der Waals surface area (Å²) in [4.78, 5) is 10.6. The lowest BCUT2D eigenvalue weighted by atomic mass is 9.90. The van der Waals surface area contributed by atoms with E-state index in [9.17, 15) is 9.90 Å². The van der Waals surface area contributed by atoms with Crippen molar-refractivity contribution in [2.45, 2.75) is 12.0 Å². The number of fused-ring (bicyclic) bond motifs is 1. The van der Waals surface area contributed by atoms with Gasteiger partial charge in [-0.15, -0.1) is 0 Å². The zero-order chi connectivity index (χ0) is 19.4. The minimum Gasteiger partial charge on any atom is -0.493 e. The van der Waals surface area contributed by atoms with E-state index in [2.05, 4.69) is 0 Å². The molecule has 0 fully saturated rings. The quantitative estimate of drug-likeness (QED) is 0.596. The van der Waals surface area contributed by atoms with E-state index in [0.717, 1.165) is 16.7 Å². The molecule has 2 unspecified atom stereocenters. The lowest BCUT2D eigenvalue weighted by Crippen LogP contribution is -2.13. The summed E-state index contributed by atoms with van der Waals surface area (Å²) in [5.74, 6) is 2.08. The predicted octanol–water partition coefficient (Wildman–Crippen LogP) is 3.13. The molecule has 27 heavy (non-hydrogen) atoms. The van der Waals surface area contributed by atoms with Crippen molar-refractivity contribution in [2.75, 3.05) is 27.9 Å². The van der Waals surface area contributed by atoms with Gasteiger partial charge in [0.05, 0.1) is 33.9 Å². The molecule has 2 atom stereocenters. The van der Waals surface area contributed by atoms with Crippen LogP contribution in [-0.2, 0) is 4.79 Å². The van der Waals surface area contributed by atoms with Crippen LogP contribution < -0.4 is 18.9 Å². The van der Waals surface area contributed by atoms with Gasteiger partial charge in [-0.2, -0.15) is 0 Å². The van der Waals surface area contributed by atoms with Crippen LogP contribution in [0.15, 0.2) is 36.4 Å². The summed E-state index contributed by atoms with van der Waals surface area (Å²) in [6, 6.07) is 9.24. The Hall–Kier alpha value is -2.99. The van der Waals surface area contributed by atoms with E-state index in [0.29, 0.717) is 29.3 Å². The van der Waals surface area contributed by atoms with E-state index in [1.54, 1.807) is 33.5 Å². The first-order chi connectivity index (χ1) is 13.2. The van der Waals surface area contributed by atoms with Gasteiger partial charge in [-0.25, -0.2) is 0 Å². The average molecular weight is 370 g/mol. The van der Waals surface area contributed by atoms with Crippen LogP contribution in [0.25, 0.3) is 6.08 Å². The van der Waals surface area contributed by atoms with Crippen LogP contribution in [0.2, 0.25) is 0 Å². The Morgan fingerprint density at radius 3 is 2.41 bits per heavy atom. The number of carbonyl (C=O) groups is 1. The fourth-order valence-corrected chi connectivity index (χ4v) is 3.34. The third-order valence-electron chi connectivity index (χ3n) is 4.64. The number of hydrogen-bond acceptors (Lipinski definition) is 6. The molecule has 0 spiro atoms. The van der Waals surface area contributed by atoms with Crippen LogP contribution in [-0.4, -0.2) is 39.3 Å². The molecule has 0 bridgehead atoms. The molecule has 6 heteroatoms. The molecule has 1 N–H and O–H groups in total. The van der Waals surface area contributed by atoms with Gasteiger partial charge in [-0.3, -0.25) is 4.79 Å². The molecule has 1 heterocycles. The number of aldehydes is 1. The first kappa shape index (κ1) is 18.8. The van der Waals surface area contributed by atoms with Crippen molar-refractivity contribution in [3.8, 4) is 23.0 Å². The highest BCUT2D eigenvalue weighted by molar-refractivity contribution is 5.75. The SMILES string of the molecule is COc1ccc(C2Oc3c(OC)cc(C=CC=O)cc3C2CO)cc1OC. The van der Waals surface area contributed by atoms with Crippen LogP contribution in [0.4, 0.5) is 0 Å². The second kappa shape index (κ2) is 8.14. The van der Waals surface area contributed by atoms with Gasteiger partial charge in [0.25, 0.3) is 0 Å². The largest absolute Gasteiger partial charge is 0.493 e. The van der Waals surface area contributed by atoms with E-state index in [1.165, 1.54) is 6.08 Å². The summed E-state index contributed by atoms with van der Waals surface area (Å²) >= 11 is 0. The van der Waals surface area contributed by atoms with Crippen molar-refractivity contribution >= 4 is 12.4 Å². The van der Waals surface area contributed by atoms with Gasteiger partial charge in [0.1, 0.15) is 12.4 Å². The summed E-state index contributed by atoms with van der Waals surface area (Å²) in [6.45, 7) is -0.101. The smallest absolute Gasteiger partial charge is 0.165 e. The zero-order valence-electron chi connectivity index (χ0n) is 15.5. The van der Waals surface area contributed by atoms with Gasteiger partial charge in [-0.1, -0.05) is 12.1 Å². The minimum atomic E-state index is -0.399. The molecule has 142 valence electrons. The van der Waals surface area contributed by atoms with Gasteiger partial charge in [0.15, 0.2) is 23.0 Å². The highest BCUT2D eigenvalue weighted by Gasteiger charge is 2.37. The van der Waals surface area contributed by atoms with Gasteiger partial charge in [0, 0.05) is 5.56 Å². The Bertz CT molecular complexity index is 858. The maximum atomic E-state index is 10.6. The molecule has 0 aliphatic carbocycles. The topological polar surface area (TPSA) is 74.2 Å². The maximum Gasteiger partial charge on any atom is 0.165 e.